The minimum atomic E-state index is -0.205. The van der Waals surface area contributed by atoms with Crippen LogP contribution in [0.4, 0.5) is 0 Å². The van der Waals surface area contributed by atoms with Crippen molar-refractivity contribution in [2.24, 2.45) is 40.4 Å². The molecule has 7 aliphatic rings. The number of carbonyl (C=O) groups excluding carboxylic acids is 2. The van der Waals surface area contributed by atoms with Gasteiger partial charge in [0.15, 0.2) is 0 Å². The molecule has 6 saturated carbocycles. The van der Waals surface area contributed by atoms with Crippen LogP contribution in [-0.2, 0) is 19.1 Å². The molecule has 0 bridgehead atoms. The Kier molecular flexibility index (Phi) is 0.788. The Morgan fingerprint density at radius 1 is 1.35 bits per heavy atom. The van der Waals surface area contributed by atoms with E-state index in [4.69, 9.17) is 9.47 Å². The van der Waals surface area contributed by atoms with Gasteiger partial charge in [-0.3, -0.25) is 9.59 Å². The smallest absolute Gasteiger partial charge is 0.313 e. The van der Waals surface area contributed by atoms with E-state index in [0.717, 1.165) is 6.42 Å². The standard InChI is InChI=1S/C13H12O4/c1-16-10(15)12-5-6-8(12)13-9(12)7(5)11(6,13)3-2-4(14)17-13/h5-9H,2-3H2,1H3. The second-order valence-electron chi connectivity index (χ2n) is 6.76. The number of hydrogen-bond acceptors (Lipinski definition) is 4. The van der Waals surface area contributed by atoms with Gasteiger partial charge >= 0.3 is 11.9 Å². The molecular weight excluding hydrogens is 220 g/mol. The van der Waals surface area contributed by atoms with Crippen LogP contribution >= 0.6 is 0 Å². The Morgan fingerprint density at radius 2 is 2.06 bits per heavy atom. The summed E-state index contributed by atoms with van der Waals surface area (Å²) in [6.07, 6.45) is 1.61. The maximum absolute atomic E-state index is 12.0. The van der Waals surface area contributed by atoms with Gasteiger partial charge in [-0.15, -0.1) is 0 Å². The highest BCUT2D eigenvalue weighted by molar-refractivity contribution is 5.92. The molecule has 7 rings (SSSR count). The van der Waals surface area contributed by atoms with Gasteiger partial charge in [-0.05, 0) is 24.2 Å². The molecule has 88 valence electrons. The van der Waals surface area contributed by atoms with Crippen LogP contribution in [0, 0.1) is 40.4 Å². The van der Waals surface area contributed by atoms with Gasteiger partial charge in [0.05, 0.1) is 12.5 Å². The van der Waals surface area contributed by atoms with Crippen LogP contribution in [0.5, 0.6) is 0 Å². The Labute approximate surface area is 97.6 Å². The molecule has 4 unspecified atom stereocenters. The van der Waals surface area contributed by atoms with Crippen LogP contribution in [0.1, 0.15) is 12.8 Å². The zero-order chi connectivity index (χ0) is 11.4. The van der Waals surface area contributed by atoms with Gasteiger partial charge < -0.3 is 9.47 Å². The van der Waals surface area contributed by atoms with Crippen molar-refractivity contribution in [2.45, 2.75) is 18.4 Å². The van der Waals surface area contributed by atoms with E-state index in [1.54, 1.807) is 0 Å². The third-order valence-corrected chi connectivity index (χ3v) is 7.48. The van der Waals surface area contributed by atoms with Gasteiger partial charge in [0.2, 0.25) is 0 Å². The average Bonchev–Trinajstić information content (AvgIpc) is 2.35. The van der Waals surface area contributed by atoms with Crippen LogP contribution in [0.3, 0.4) is 0 Å². The first kappa shape index (κ1) is 8.11. The number of methoxy groups -OCH3 is 1. The normalized spacial score (nSPS) is 73.5. The monoisotopic (exact) mass is 232 g/mol. The molecule has 1 aliphatic heterocycles. The first-order chi connectivity index (χ1) is 8.19. The molecule has 6 aliphatic carbocycles. The summed E-state index contributed by atoms with van der Waals surface area (Å²) < 4.78 is 10.7. The van der Waals surface area contributed by atoms with Crippen molar-refractivity contribution in [1.82, 2.24) is 0 Å². The Hall–Kier alpha value is -1.06. The number of hydrogen-bond donors (Lipinski definition) is 0. The Morgan fingerprint density at radius 3 is 2.71 bits per heavy atom. The summed E-state index contributed by atoms with van der Waals surface area (Å²) in [4.78, 5) is 23.5. The van der Waals surface area contributed by atoms with Gasteiger partial charge in [0.25, 0.3) is 0 Å². The number of rotatable bonds is 1. The Bertz CT molecular complexity index is 530. The zero-order valence-electron chi connectivity index (χ0n) is 9.43. The highest BCUT2D eigenvalue weighted by Crippen LogP contribution is 3.13. The van der Waals surface area contributed by atoms with E-state index >= 15 is 0 Å². The summed E-state index contributed by atoms with van der Waals surface area (Å²) in [5.74, 6) is 2.52. The van der Waals surface area contributed by atoms with Crippen molar-refractivity contribution in [3.05, 3.63) is 0 Å². The van der Waals surface area contributed by atoms with E-state index in [0.29, 0.717) is 41.4 Å². The van der Waals surface area contributed by atoms with Crippen LogP contribution in [0.2, 0.25) is 0 Å². The minimum Gasteiger partial charge on any atom is -0.469 e. The Balaban J connectivity index is 1.51. The zero-order valence-corrected chi connectivity index (χ0v) is 9.43. The second kappa shape index (κ2) is 1.65. The fraction of sp³-hybridized carbons (Fsp3) is 0.846. The molecule has 7 fully saturated rings. The summed E-state index contributed by atoms with van der Waals surface area (Å²) in [5, 5.41) is 0. The molecule has 0 aromatic rings. The summed E-state index contributed by atoms with van der Waals surface area (Å²) >= 11 is 0. The van der Waals surface area contributed by atoms with Gasteiger partial charge in [-0.1, -0.05) is 0 Å². The van der Waals surface area contributed by atoms with Crippen molar-refractivity contribution < 1.29 is 19.1 Å². The lowest BCUT2D eigenvalue weighted by Gasteiger charge is -3.13. The predicted molar refractivity (Wildman–Crippen MR) is 52.4 cm³/mol. The van der Waals surface area contributed by atoms with Crippen molar-refractivity contribution in [1.29, 1.82) is 0 Å². The van der Waals surface area contributed by atoms with Crippen molar-refractivity contribution in [2.75, 3.05) is 7.11 Å². The molecule has 1 heterocycles. The first-order valence-corrected chi connectivity index (χ1v) is 6.49. The molecular formula is C13H12O4. The highest BCUT2D eigenvalue weighted by Gasteiger charge is 3.19. The number of ether oxygens (including phenoxy) is 2. The molecule has 4 nitrogen and oxygen atoms in total. The van der Waals surface area contributed by atoms with Crippen molar-refractivity contribution >= 4 is 11.9 Å². The van der Waals surface area contributed by atoms with E-state index in [1.165, 1.54) is 7.11 Å². The SMILES string of the molecule is COC(=O)C12C3C4C1C15OC(=O)CCC41C3C25. The molecule has 0 aromatic carbocycles. The second-order valence-corrected chi connectivity index (χ2v) is 6.76. The minimum absolute atomic E-state index is 0.0365. The quantitative estimate of drug-likeness (QED) is 0.612. The molecule has 1 saturated heterocycles. The molecule has 0 radical (unpaired) electrons. The van der Waals surface area contributed by atoms with Gasteiger partial charge in [0.1, 0.15) is 5.60 Å². The fourth-order valence-electron chi connectivity index (χ4n) is 7.65. The summed E-state index contributed by atoms with van der Waals surface area (Å²) in [6, 6.07) is 0. The molecule has 17 heavy (non-hydrogen) atoms. The lowest BCUT2D eigenvalue weighted by molar-refractivity contribution is -0.693. The lowest BCUT2D eigenvalue weighted by Crippen LogP contribution is -3.18. The number of esters is 2. The summed E-state index contributed by atoms with van der Waals surface area (Å²) in [6.45, 7) is 0. The largest absolute Gasteiger partial charge is 0.469 e. The van der Waals surface area contributed by atoms with E-state index in [-0.39, 0.29) is 23.0 Å². The lowest BCUT2D eigenvalue weighted by atomic mass is 8.90. The van der Waals surface area contributed by atoms with Crippen LogP contribution in [0.25, 0.3) is 0 Å². The number of carbonyl (C=O) groups is 2. The van der Waals surface area contributed by atoms with Crippen molar-refractivity contribution in [3.63, 3.8) is 0 Å². The molecule has 0 amide bonds. The van der Waals surface area contributed by atoms with Gasteiger partial charge in [0, 0.05) is 23.7 Å². The van der Waals surface area contributed by atoms with E-state index in [2.05, 4.69) is 0 Å². The van der Waals surface area contributed by atoms with E-state index in [9.17, 15) is 9.59 Å². The third-order valence-electron chi connectivity index (χ3n) is 7.48. The molecule has 0 aromatic heterocycles. The molecule has 4 heteroatoms. The average molecular weight is 232 g/mol. The van der Waals surface area contributed by atoms with E-state index in [1.807, 2.05) is 0 Å². The maximum Gasteiger partial charge on any atom is 0.313 e. The third kappa shape index (κ3) is 0.347. The molecule has 0 N–H and O–H groups in total. The predicted octanol–water partition coefficient (Wildman–Crippen LogP) is 0.357. The van der Waals surface area contributed by atoms with Crippen LogP contribution in [-0.4, -0.2) is 24.6 Å². The van der Waals surface area contributed by atoms with Gasteiger partial charge in [-0.2, -0.15) is 0 Å². The summed E-state index contributed by atoms with van der Waals surface area (Å²) in [7, 11) is 1.48. The molecule has 4 atom stereocenters. The van der Waals surface area contributed by atoms with Crippen LogP contribution in [0.15, 0.2) is 0 Å². The summed E-state index contributed by atoms with van der Waals surface area (Å²) in [5.41, 5.74) is -0.0687. The highest BCUT2D eigenvalue weighted by atomic mass is 16.6. The van der Waals surface area contributed by atoms with Gasteiger partial charge in [-0.25, -0.2) is 0 Å². The van der Waals surface area contributed by atoms with E-state index < -0.39 is 0 Å². The fourth-order valence-corrected chi connectivity index (χ4v) is 7.65. The topological polar surface area (TPSA) is 52.6 Å². The maximum atomic E-state index is 12.0. The first-order valence-electron chi connectivity index (χ1n) is 6.49. The van der Waals surface area contributed by atoms with Crippen molar-refractivity contribution in [3.8, 4) is 0 Å². The van der Waals surface area contributed by atoms with Crippen LogP contribution < -0.4 is 0 Å². The molecule has 2 spiro atoms.